The Labute approximate surface area is 113 Å². The van der Waals surface area contributed by atoms with E-state index in [1.165, 1.54) is 0 Å². The Bertz CT molecular complexity index is 404. The molecule has 0 unspecified atom stereocenters. The van der Waals surface area contributed by atoms with Crippen molar-refractivity contribution < 1.29 is 11.0 Å². The molecule has 0 aliphatic carbocycles. The molecule has 0 aromatic carbocycles. The largest absolute Gasteiger partial charge is 0.300 e. The molecular weight excluding hydrogens is 196 g/mol. The first-order valence-electron chi connectivity index (χ1n) is 9.73. The normalized spacial score (nSPS) is 41.4. The van der Waals surface area contributed by atoms with E-state index >= 15 is 0 Å². The first-order chi connectivity index (χ1) is 10.2. The minimum absolute atomic E-state index is 0.116. The fourth-order valence-corrected chi connectivity index (χ4v) is 1.40. The zero-order valence-corrected chi connectivity index (χ0v) is 11.3. The van der Waals surface area contributed by atoms with Crippen LogP contribution in [0.2, 0.25) is 0 Å². The maximum absolute atomic E-state index is 8.31. The summed E-state index contributed by atoms with van der Waals surface area (Å²) in [5.41, 5.74) is -1.06. The quantitative estimate of drug-likeness (QED) is 0.725. The van der Waals surface area contributed by atoms with E-state index in [4.69, 9.17) is 11.0 Å². The number of hydrogen-bond acceptors (Lipinski definition) is 2. The highest BCUT2D eigenvalue weighted by atomic mass is 15.3. The van der Waals surface area contributed by atoms with E-state index in [-0.39, 0.29) is 13.1 Å². The molecule has 0 saturated carbocycles. The van der Waals surface area contributed by atoms with Crippen LogP contribution < -0.4 is 0 Å². The molecule has 0 N–H and O–H groups in total. The van der Waals surface area contributed by atoms with Gasteiger partial charge in [-0.25, -0.2) is 0 Å². The Morgan fingerprint density at radius 1 is 0.750 bits per heavy atom. The lowest BCUT2D eigenvalue weighted by Crippen LogP contribution is -2.50. The van der Waals surface area contributed by atoms with Gasteiger partial charge in [0, 0.05) is 50.0 Å². The van der Waals surface area contributed by atoms with E-state index in [9.17, 15) is 0 Å². The summed E-state index contributed by atoms with van der Waals surface area (Å²) in [6.07, 6.45) is 0. The minimum Gasteiger partial charge on any atom is -0.300 e. The van der Waals surface area contributed by atoms with E-state index in [2.05, 4.69) is 0 Å². The smallest absolute Gasteiger partial charge is 0.0444 e. The van der Waals surface area contributed by atoms with Crippen LogP contribution in [-0.4, -0.2) is 48.9 Å². The van der Waals surface area contributed by atoms with Crippen molar-refractivity contribution in [3.05, 3.63) is 0 Å². The van der Waals surface area contributed by atoms with Crippen LogP contribution in [0.1, 0.15) is 52.5 Å². The lowest BCUT2D eigenvalue weighted by Gasteiger charge is -2.40. The standard InChI is InChI=1S/C14H30N2/c1-13(2,3)11-15-7-9-16(10-8-15)12-14(4,5)6/h7-12H2,1-6H3/i7D2,8D2,9D2,10D2. The van der Waals surface area contributed by atoms with Gasteiger partial charge in [0.25, 0.3) is 0 Å². The first-order valence-corrected chi connectivity index (χ1v) is 5.73. The molecule has 1 rings (SSSR count). The van der Waals surface area contributed by atoms with Gasteiger partial charge in [0.1, 0.15) is 0 Å². The van der Waals surface area contributed by atoms with Crippen LogP contribution in [0, 0.1) is 10.8 Å². The van der Waals surface area contributed by atoms with Gasteiger partial charge in [0.15, 0.2) is 0 Å². The van der Waals surface area contributed by atoms with Gasteiger partial charge in [-0.2, -0.15) is 0 Å². The van der Waals surface area contributed by atoms with Crippen molar-refractivity contribution in [1.82, 2.24) is 9.80 Å². The van der Waals surface area contributed by atoms with Crippen LogP contribution in [0.4, 0.5) is 0 Å². The molecule has 16 heavy (non-hydrogen) atoms. The second-order valence-electron chi connectivity index (χ2n) is 6.74. The molecule has 2 nitrogen and oxygen atoms in total. The maximum Gasteiger partial charge on any atom is 0.0444 e. The number of nitrogens with zero attached hydrogens (tertiary/aromatic N) is 2. The van der Waals surface area contributed by atoms with Crippen molar-refractivity contribution in [2.75, 3.05) is 39.1 Å². The van der Waals surface area contributed by atoms with Gasteiger partial charge in [-0.05, 0) is 10.8 Å². The molecule has 0 amide bonds. The van der Waals surface area contributed by atoms with Gasteiger partial charge in [-0.15, -0.1) is 0 Å². The molecule has 1 heterocycles. The molecule has 1 aliphatic heterocycles. The third-order valence-corrected chi connectivity index (χ3v) is 1.90. The summed E-state index contributed by atoms with van der Waals surface area (Å²) in [7, 11) is 0. The molecular formula is C14H30N2. The highest BCUT2D eigenvalue weighted by Gasteiger charge is 2.23. The van der Waals surface area contributed by atoms with Gasteiger partial charge in [0.2, 0.25) is 0 Å². The highest BCUT2D eigenvalue weighted by Crippen LogP contribution is 2.19. The molecule has 96 valence electrons. The van der Waals surface area contributed by atoms with Crippen LogP contribution in [0.15, 0.2) is 0 Å². The van der Waals surface area contributed by atoms with Crippen LogP contribution in [-0.2, 0) is 0 Å². The van der Waals surface area contributed by atoms with Crippen LogP contribution >= 0.6 is 0 Å². The van der Waals surface area contributed by atoms with E-state index < -0.39 is 36.8 Å². The lowest BCUT2D eigenvalue weighted by atomic mass is 9.94. The van der Waals surface area contributed by atoms with Gasteiger partial charge in [-0.3, -0.25) is 0 Å². The SMILES string of the molecule is [2H]C1([2H])N(CC(C)(C)C)C([2H])([2H])C([2H])([2H])N(CC(C)(C)C)C1([2H])[2H]. The molecule has 0 atom stereocenters. The van der Waals surface area contributed by atoms with Gasteiger partial charge < -0.3 is 9.80 Å². The Kier molecular flexibility index (Phi) is 1.96. The Hall–Kier alpha value is -0.0800. The van der Waals surface area contributed by atoms with E-state index in [0.29, 0.717) is 9.80 Å². The third-order valence-electron chi connectivity index (χ3n) is 1.90. The average Bonchev–Trinajstić information content (AvgIpc) is 2.28. The lowest BCUT2D eigenvalue weighted by molar-refractivity contribution is 0.0814. The van der Waals surface area contributed by atoms with Crippen LogP contribution in [0.5, 0.6) is 0 Å². The molecule has 0 bridgehead atoms. The van der Waals surface area contributed by atoms with Gasteiger partial charge in [0.05, 0.1) is 0 Å². The summed E-state index contributed by atoms with van der Waals surface area (Å²) in [5, 5.41) is 0. The minimum atomic E-state index is -2.69. The van der Waals surface area contributed by atoms with E-state index in [1.807, 2.05) is 0 Å². The van der Waals surface area contributed by atoms with Crippen molar-refractivity contribution in [3.8, 4) is 0 Å². The predicted octanol–water partition coefficient (Wildman–Crippen LogP) is 2.70. The summed E-state index contributed by atoms with van der Waals surface area (Å²) in [4.78, 5) is 1.42. The monoisotopic (exact) mass is 234 g/mol. The first kappa shape index (κ1) is 6.19. The Morgan fingerprint density at radius 3 is 1.19 bits per heavy atom. The molecule has 0 spiro atoms. The topological polar surface area (TPSA) is 6.48 Å². The van der Waals surface area contributed by atoms with Crippen LogP contribution in [0.3, 0.4) is 0 Å². The highest BCUT2D eigenvalue weighted by molar-refractivity contribution is 4.78. The van der Waals surface area contributed by atoms with Crippen LogP contribution in [0.25, 0.3) is 0 Å². The maximum atomic E-state index is 8.31. The summed E-state index contributed by atoms with van der Waals surface area (Å²) in [6.45, 7) is -0.305. The fraction of sp³-hybridized carbons (Fsp3) is 1.00. The summed E-state index contributed by atoms with van der Waals surface area (Å²) in [5.74, 6) is 0. The third kappa shape index (κ3) is 5.86. The fourth-order valence-electron chi connectivity index (χ4n) is 1.40. The van der Waals surface area contributed by atoms with E-state index in [1.54, 1.807) is 41.5 Å². The zero-order valence-electron chi connectivity index (χ0n) is 19.3. The van der Waals surface area contributed by atoms with Gasteiger partial charge in [-0.1, -0.05) is 41.5 Å². The summed E-state index contributed by atoms with van der Waals surface area (Å²) in [6, 6.07) is 0. The predicted molar refractivity (Wildman–Crippen MR) is 71.8 cm³/mol. The summed E-state index contributed by atoms with van der Waals surface area (Å²) >= 11 is 0. The molecule has 0 aromatic heterocycles. The molecule has 0 aromatic rings. The van der Waals surface area contributed by atoms with E-state index in [0.717, 1.165) is 0 Å². The van der Waals surface area contributed by atoms with Crippen molar-refractivity contribution in [2.24, 2.45) is 10.8 Å². The summed E-state index contributed by atoms with van der Waals surface area (Å²) < 4.78 is 66.4. The van der Waals surface area contributed by atoms with Crippen molar-refractivity contribution >= 4 is 0 Å². The molecule has 1 saturated heterocycles. The molecule has 1 aliphatic rings. The zero-order chi connectivity index (χ0) is 19.6. The Balaban J connectivity index is 3.54. The van der Waals surface area contributed by atoms with Crippen molar-refractivity contribution in [3.63, 3.8) is 0 Å². The van der Waals surface area contributed by atoms with Crippen molar-refractivity contribution in [2.45, 2.75) is 41.5 Å². The number of hydrogen-bond donors (Lipinski definition) is 0. The average molecular weight is 234 g/mol. The van der Waals surface area contributed by atoms with Gasteiger partial charge >= 0.3 is 0 Å². The second kappa shape index (κ2) is 5.05. The number of piperazine rings is 1. The molecule has 0 radical (unpaired) electrons. The second-order valence-corrected chi connectivity index (χ2v) is 6.74. The molecule has 2 heteroatoms. The number of rotatable bonds is 2. The Morgan fingerprint density at radius 2 is 1.00 bits per heavy atom. The molecule has 1 fully saturated rings. The van der Waals surface area contributed by atoms with Crippen molar-refractivity contribution in [1.29, 1.82) is 0 Å².